The Morgan fingerprint density at radius 3 is 2.59 bits per heavy atom. The summed E-state index contributed by atoms with van der Waals surface area (Å²) in [6.45, 7) is 6.66. The molecule has 0 radical (unpaired) electrons. The fourth-order valence-electron chi connectivity index (χ4n) is 9.45. The van der Waals surface area contributed by atoms with Crippen LogP contribution in [0.2, 0.25) is 0 Å². The average molecular weight is 729 g/mol. The number of ether oxygens (including phenoxy) is 4. The van der Waals surface area contributed by atoms with Crippen LogP contribution in [0.3, 0.4) is 0 Å². The summed E-state index contributed by atoms with van der Waals surface area (Å²) in [4.78, 5) is 31.7. The molecule has 3 fully saturated rings. The van der Waals surface area contributed by atoms with Crippen molar-refractivity contribution in [3.63, 3.8) is 0 Å². The monoisotopic (exact) mass is 727 g/mol. The highest BCUT2D eigenvalue weighted by atomic mass is 79.9. The van der Waals surface area contributed by atoms with Crippen molar-refractivity contribution < 1.29 is 33.3 Å². The van der Waals surface area contributed by atoms with E-state index in [1.165, 1.54) is 0 Å². The molecule has 9 atom stereocenters. The Hall–Kier alpha value is -3.83. The fourth-order valence-corrected chi connectivity index (χ4v) is 9.85. The van der Waals surface area contributed by atoms with Crippen LogP contribution in [-0.4, -0.2) is 40.5 Å². The molecule has 2 aromatic heterocycles. The number of nitrogens with zero attached hydrogens (tertiary/aromatic N) is 1. The first-order valence-corrected chi connectivity index (χ1v) is 17.5. The Balaban J connectivity index is 1.22. The highest BCUT2D eigenvalue weighted by molar-refractivity contribution is 9.10. The quantitative estimate of drug-likeness (QED) is 0.214. The lowest BCUT2D eigenvalue weighted by Gasteiger charge is -2.67. The number of pyridine rings is 1. The number of carbonyl (C=O) groups is 1. The van der Waals surface area contributed by atoms with Gasteiger partial charge in [0.2, 0.25) is 0 Å². The number of aliphatic hydroxyl groups is 1. The topological polar surface area (TPSA) is 117 Å². The number of fused-ring (bicyclic) bond motifs is 6. The van der Waals surface area contributed by atoms with Gasteiger partial charge in [-0.15, -0.1) is 0 Å². The standard InChI is InChI=1S/C39H38BrNO8/c1-37-15-14-29-38(2,21-45-36(48-29)22-9-5-4-6-10-22)28(37)19-30(47-34(43)23-11-7-13-25(40)17-23)39(3)33(37)32(42)31-27(49-39)18-26(46-35(31)44)24-12-8-16-41-20-24/h4-13,16-18,20,28-30,32-33,36,42H,14-15,19,21H2,1-3H3/t28?,29-,30-,32-,33?,36?,37-,38-,39+/m0/s1. The minimum absolute atomic E-state index is 0.0709. The molecule has 0 spiro atoms. The summed E-state index contributed by atoms with van der Waals surface area (Å²) in [6.07, 6.45) is 2.41. The molecule has 9 nitrogen and oxygen atoms in total. The normalized spacial score (nSPS) is 34.7. The zero-order valence-corrected chi connectivity index (χ0v) is 29.1. The van der Waals surface area contributed by atoms with Gasteiger partial charge in [-0.2, -0.15) is 0 Å². The van der Waals surface area contributed by atoms with Crippen molar-refractivity contribution in [3.05, 3.63) is 117 Å². The van der Waals surface area contributed by atoms with Crippen LogP contribution < -0.4 is 10.4 Å². The van der Waals surface area contributed by atoms with Crippen LogP contribution in [0.5, 0.6) is 5.75 Å². The van der Waals surface area contributed by atoms with E-state index in [2.05, 4.69) is 34.8 Å². The number of benzene rings is 2. The average Bonchev–Trinajstić information content (AvgIpc) is 3.09. The maximum atomic E-state index is 13.8. The van der Waals surface area contributed by atoms with E-state index in [1.54, 1.807) is 48.8 Å². The van der Waals surface area contributed by atoms with E-state index in [1.807, 2.05) is 43.3 Å². The Morgan fingerprint density at radius 1 is 1.02 bits per heavy atom. The number of esters is 1. The molecule has 254 valence electrons. The van der Waals surface area contributed by atoms with Gasteiger partial charge in [0, 0.05) is 45.4 Å². The zero-order valence-electron chi connectivity index (χ0n) is 27.5. The molecular weight excluding hydrogens is 690 g/mol. The number of rotatable bonds is 4. The van der Waals surface area contributed by atoms with E-state index in [4.69, 9.17) is 23.4 Å². The zero-order chi connectivity index (χ0) is 34.1. The smallest absolute Gasteiger partial charge is 0.345 e. The van der Waals surface area contributed by atoms with Crippen molar-refractivity contribution in [2.24, 2.45) is 22.7 Å². The first-order chi connectivity index (χ1) is 23.5. The van der Waals surface area contributed by atoms with Gasteiger partial charge in [-0.1, -0.05) is 66.2 Å². The van der Waals surface area contributed by atoms with E-state index in [-0.39, 0.29) is 29.1 Å². The van der Waals surface area contributed by atoms with E-state index < -0.39 is 52.4 Å². The minimum Gasteiger partial charge on any atom is -0.482 e. The summed E-state index contributed by atoms with van der Waals surface area (Å²) in [5, 5.41) is 12.4. The number of hydrogen-bond acceptors (Lipinski definition) is 9. The summed E-state index contributed by atoms with van der Waals surface area (Å²) in [5.74, 6) is -0.785. The van der Waals surface area contributed by atoms with Gasteiger partial charge in [0.15, 0.2) is 6.29 Å². The Labute approximate surface area is 292 Å². The summed E-state index contributed by atoms with van der Waals surface area (Å²) in [7, 11) is 0. The van der Waals surface area contributed by atoms with Crippen LogP contribution in [0, 0.1) is 22.7 Å². The van der Waals surface area contributed by atoms with Crippen LogP contribution in [0.4, 0.5) is 0 Å². The minimum atomic E-state index is -1.25. The van der Waals surface area contributed by atoms with Crippen molar-refractivity contribution in [2.75, 3.05) is 6.61 Å². The fraction of sp³-hybridized carbons (Fsp3) is 0.410. The largest absolute Gasteiger partial charge is 0.482 e. The SMILES string of the molecule is C[C@]12CC[C@@H]3OC(c4ccccc4)OC[C@@]3(C)C1C[C@H](OC(=O)c1cccc(Br)c1)[C@@]1(C)Oc3cc(-c4cccnc4)oc(=O)c3[C@H](O)C21. The van der Waals surface area contributed by atoms with Crippen molar-refractivity contribution in [3.8, 4) is 17.1 Å². The molecule has 8 rings (SSSR count). The summed E-state index contributed by atoms with van der Waals surface area (Å²) in [5.41, 5.74) is -0.909. The van der Waals surface area contributed by atoms with E-state index in [9.17, 15) is 14.7 Å². The molecule has 4 aliphatic rings. The second-order valence-electron chi connectivity index (χ2n) is 14.5. The Morgan fingerprint density at radius 2 is 1.84 bits per heavy atom. The predicted molar refractivity (Wildman–Crippen MR) is 183 cm³/mol. The second-order valence-corrected chi connectivity index (χ2v) is 15.5. The van der Waals surface area contributed by atoms with Gasteiger partial charge in [-0.3, -0.25) is 4.98 Å². The van der Waals surface area contributed by atoms with E-state index >= 15 is 0 Å². The van der Waals surface area contributed by atoms with Gasteiger partial charge >= 0.3 is 11.6 Å². The Bertz CT molecular complexity index is 1950. The van der Waals surface area contributed by atoms with Gasteiger partial charge in [0.25, 0.3) is 0 Å². The lowest BCUT2D eigenvalue weighted by atomic mass is 9.42. The molecule has 49 heavy (non-hydrogen) atoms. The lowest BCUT2D eigenvalue weighted by molar-refractivity contribution is -0.330. The molecule has 2 aliphatic heterocycles. The van der Waals surface area contributed by atoms with Crippen molar-refractivity contribution in [1.82, 2.24) is 4.98 Å². The molecule has 2 aromatic carbocycles. The molecule has 2 aliphatic carbocycles. The summed E-state index contributed by atoms with van der Waals surface area (Å²) in [6, 6.07) is 22.1. The van der Waals surface area contributed by atoms with E-state index in [0.29, 0.717) is 30.6 Å². The molecule has 4 heterocycles. The first kappa shape index (κ1) is 32.4. The lowest BCUT2D eigenvalue weighted by Crippen LogP contribution is -2.71. The maximum Gasteiger partial charge on any atom is 0.345 e. The second kappa shape index (κ2) is 11.9. The predicted octanol–water partition coefficient (Wildman–Crippen LogP) is 7.43. The third-order valence-electron chi connectivity index (χ3n) is 11.7. The number of aromatic nitrogens is 1. The molecule has 10 heteroatoms. The van der Waals surface area contributed by atoms with Crippen molar-refractivity contribution in [1.29, 1.82) is 0 Å². The van der Waals surface area contributed by atoms with Gasteiger partial charge in [0.05, 0.1) is 24.4 Å². The highest BCUT2D eigenvalue weighted by Gasteiger charge is 2.71. The van der Waals surface area contributed by atoms with Gasteiger partial charge in [-0.25, -0.2) is 9.59 Å². The van der Waals surface area contributed by atoms with Crippen LogP contribution >= 0.6 is 15.9 Å². The van der Waals surface area contributed by atoms with Gasteiger partial charge in [-0.05, 0) is 67.9 Å². The number of halogens is 1. The third kappa shape index (κ3) is 5.18. The number of hydrogen-bond donors (Lipinski definition) is 1. The number of aliphatic hydroxyl groups excluding tert-OH is 1. The number of carbonyl (C=O) groups excluding carboxylic acids is 1. The molecule has 1 N–H and O–H groups in total. The summed E-state index contributed by atoms with van der Waals surface area (Å²) >= 11 is 3.46. The van der Waals surface area contributed by atoms with Crippen LogP contribution in [0.15, 0.2) is 98.9 Å². The molecule has 1 saturated heterocycles. The van der Waals surface area contributed by atoms with Crippen molar-refractivity contribution >= 4 is 21.9 Å². The van der Waals surface area contributed by atoms with Crippen LogP contribution in [-0.2, 0) is 14.2 Å². The maximum absolute atomic E-state index is 13.8. The molecule has 0 amide bonds. The molecule has 4 aromatic rings. The van der Waals surface area contributed by atoms with Gasteiger partial charge in [0.1, 0.15) is 28.8 Å². The summed E-state index contributed by atoms with van der Waals surface area (Å²) < 4.78 is 33.0. The van der Waals surface area contributed by atoms with Gasteiger partial charge < -0.3 is 28.5 Å². The molecule has 0 bridgehead atoms. The Kier molecular flexibility index (Phi) is 7.86. The highest BCUT2D eigenvalue weighted by Crippen LogP contribution is 2.68. The van der Waals surface area contributed by atoms with Crippen LogP contribution in [0.25, 0.3) is 11.3 Å². The molecular formula is C39H38BrNO8. The molecule has 3 unspecified atom stereocenters. The third-order valence-corrected chi connectivity index (χ3v) is 12.2. The van der Waals surface area contributed by atoms with Crippen molar-refractivity contribution in [2.45, 2.75) is 70.2 Å². The van der Waals surface area contributed by atoms with Crippen LogP contribution in [0.1, 0.15) is 73.9 Å². The van der Waals surface area contributed by atoms with E-state index in [0.717, 1.165) is 16.5 Å². The molecule has 2 saturated carbocycles. The first-order valence-electron chi connectivity index (χ1n) is 16.8.